The summed E-state index contributed by atoms with van der Waals surface area (Å²) >= 11 is 0. The Bertz CT molecular complexity index is 1420. The molecule has 3 aromatic carbocycles. The monoisotopic (exact) mass is 494 g/mol. The summed E-state index contributed by atoms with van der Waals surface area (Å²) in [7, 11) is 0. The number of hydrogen-bond acceptors (Lipinski definition) is 5. The van der Waals surface area contributed by atoms with E-state index in [1.165, 1.54) is 0 Å². The van der Waals surface area contributed by atoms with E-state index in [9.17, 15) is 19.2 Å². The average Bonchev–Trinajstić information content (AvgIpc) is 3.45. The third kappa shape index (κ3) is 3.76. The Balaban J connectivity index is 1.37. The molecule has 0 saturated heterocycles. The Morgan fingerprint density at radius 1 is 0.811 bits per heavy atom. The van der Waals surface area contributed by atoms with E-state index in [2.05, 4.69) is 0 Å². The zero-order valence-electron chi connectivity index (χ0n) is 20.2. The number of anilines is 3. The maximum Gasteiger partial charge on any atom is 0.262 e. The number of carbonyl (C=O) groups excluding carboxylic acids is 4. The third-order valence-electron chi connectivity index (χ3n) is 7.56. The lowest BCUT2D eigenvalue weighted by Crippen LogP contribution is -2.49. The number of amides is 4. The molecule has 0 aromatic heterocycles. The number of nitrogen functional groups attached to an aromatic ring is 1. The summed E-state index contributed by atoms with van der Waals surface area (Å²) in [5.41, 5.74) is 9.34. The highest BCUT2D eigenvalue weighted by Crippen LogP contribution is 2.43. The van der Waals surface area contributed by atoms with E-state index < -0.39 is 11.8 Å². The van der Waals surface area contributed by atoms with Gasteiger partial charge in [0.15, 0.2) is 0 Å². The van der Waals surface area contributed by atoms with Crippen LogP contribution in [0.1, 0.15) is 45.5 Å². The van der Waals surface area contributed by atoms with Gasteiger partial charge in [-0.25, -0.2) is 0 Å². The SMILES string of the molecule is Nc1cccc(CN2C(=O)[C@H]3CCC[C@H]3N(C(=O)CN3C(=O)c4ccccc4C3=O)c3ccccc32)c1. The molecule has 3 aliphatic rings. The highest BCUT2D eigenvalue weighted by Gasteiger charge is 2.46. The Hall–Kier alpha value is -4.46. The van der Waals surface area contributed by atoms with Crippen molar-refractivity contribution in [3.05, 3.63) is 89.5 Å². The molecule has 2 atom stereocenters. The molecule has 2 aliphatic heterocycles. The highest BCUT2D eigenvalue weighted by atomic mass is 16.2. The second kappa shape index (κ2) is 8.89. The molecule has 6 rings (SSSR count). The first-order valence-corrected chi connectivity index (χ1v) is 12.5. The molecule has 8 heteroatoms. The van der Waals surface area contributed by atoms with Crippen LogP contribution in [0.15, 0.2) is 72.8 Å². The van der Waals surface area contributed by atoms with Gasteiger partial charge in [-0.3, -0.25) is 24.1 Å². The number of carbonyl (C=O) groups is 4. The van der Waals surface area contributed by atoms with E-state index in [-0.39, 0.29) is 30.3 Å². The molecule has 1 aliphatic carbocycles. The number of fused-ring (bicyclic) bond motifs is 3. The minimum absolute atomic E-state index is 0.0339. The molecular weight excluding hydrogens is 468 g/mol. The van der Waals surface area contributed by atoms with Crippen LogP contribution in [-0.2, 0) is 16.1 Å². The minimum Gasteiger partial charge on any atom is -0.399 e. The van der Waals surface area contributed by atoms with Crippen LogP contribution in [-0.4, -0.2) is 41.1 Å². The predicted molar refractivity (Wildman–Crippen MR) is 139 cm³/mol. The van der Waals surface area contributed by atoms with E-state index in [4.69, 9.17) is 5.73 Å². The molecule has 186 valence electrons. The van der Waals surface area contributed by atoms with Crippen LogP contribution >= 0.6 is 0 Å². The fourth-order valence-corrected chi connectivity index (χ4v) is 5.88. The summed E-state index contributed by atoms with van der Waals surface area (Å²) in [6.07, 6.45) is 2.15. The number of nitrogens with two attached hydrogens (primary N) is 1. The molecule has 0 radical (unpaired) electrons. The van der Waals surface area contributed by atoms with Gasteiger partial charge in [0.2, 0.25) is 11.8 Å². The lowest BCUT2D eigenvalue weighted by atomic mass is 10.0. The summed E-state index contributed by atoms with van der Waals surface area (Å²) < 4.78 is 0. The third-order valence-corrected chi connectivity index (χ3v) is 7.56. The van der Waals surface area contributed by atoms with Gasteiger partial charge in [0.1, 0.15) is 6.54 Å². The Kier molecular flexibility index (Phi) is 5.52. The number of benzene rings is 3. The first-order chi connectivity index (χ1) is 17.9. The molecule has 2 heterocycles. The maximum atomic E-state index is 13.9. The van der Waals surface area contributed by atoms with Gasteiger partial charge in [-0.15, -0.1) is 0 Å². The molecule has 0 bridgehead atoms. The van der Waals surface area contributed by atoms with Gasteiger partial charge in [-0.1, -0.05) is 42.8 Å². The van der Waals surface area contributed by atoms with E-state index in [1.54, 1.807) is 40.1 Å². The van der Waals surface area contributed by atoms with E-state index in [0.29, 0.717) is 47.6 Å². The molecule has 3 aromatic rings. The van der Waals surface area contributed by atoms with Crippen LogP contribution in [0.4, 0.5) is 17.1 Å². The van der Waals surface area contributed by atoms with Gasteiger partial charge in [0.25, 0.3) is 11.8 Å². The standard InChI is InChI=1S/C29H26N4O4/c30-19-8-5-7-18(15-19)16-31-24-12-3-4-13-25(24)33(23-14-6-11-22(23)29(31)37)26(34)17-32-27(35)20-9-1-2-10-21(20)28(32)36/h1-5,7-10,12-13,15,22-23H,6,11,14,16-17,30H2/t22-,23+/m0/s1. The molecule has 2 N–H and O–H groups in total. The van der Waals surface area contributed by atoms with E-state index in [1.807, 2.05) is 42.5 Å². The molecular formula is C29H26N4O4. The van der Waals surface area contributed by atoms with Crippen LogP contribution in [0, 0.1) is 5.92 Å². The topological polar surface area (TPSA) is 104 Å². The van der Waals surface area contributed by atoms with Crippen LogP contribution in [0.5, 0.6) is 0 Å². The van der Waals surface area contributed by atoms with Gasteiger partial charge in [0, 0.05) is 11.7 Å². The van der Waals surface area contributed by atoms with E-state index >= 15 is 0 Å². The molecule has 4 amide bonds. The molecule has 8 nitrogen and oxygen atoms in total. The number of imide groups is 1. The molecule has 1 fully saturated rings. The summed E-state index contributed by atoms with van der Waals surface area (Å²) in [4.78, 5) is 58.1. The summed E-state index contributed by atoms with van der Waals surface area (Å²) in [5.74, 6) is -1.73. The van der Waals surface area contributed by atoms with Crippen LogP contribution in [0.2, 0.25) is 0 Å². The largest absolute Gasteiger partial charge is 0.399 e. The first kappa shape index (κ1) is 23.0. The average molecular weight is 495 g/mol. The van der Waals surface area contributed by atoms with Crippen LogP contribution in [0.25, 0.3) is 0 Å². The van der Waals surface area contributed by atoms with Crippen LogP contribution < -0.4 is 15.5 Å². The highest BCUT2D eigenvalue weighted by molar-refractivity contribution is 6.23. The molecule has 1 saturated carbocycles. The number of rotatable bonds is 4. The van der Waals surface area contributed by atoms with Crippen molar-refractivity contribution in [1.29, 1.82) is 0 Å². The van der Waals surface area contributed by atoms with Crippen molar-refractivity contribution in [3.8, 4) is 0 Å². The fourth-order valence-electron chi connectivity index (χ4n) is 5.88. The maximum absolute atomic E-state index is 13.9. The zero-order chi connectivity index (χ0) is 25.7. The van der Waals surface area contributed by atoms with Gasteiger partial charge in [-0.2, -0.15) is 0 Å². The number of para-hydroxylation sites is 2. The van der Waals surface area contributed by atoms with Gasteiger partial charge in [-0.05, 0) is 54.8 Å². The van der Waals surface area contributed by atoms with Crippen molar-refractivity contribution >= 4 is 40.7 Å². The second-order valence-electron chi connectivity index (χ2n) is 9.77. The lowest BCUT2D eigenvalue weighted by molar-refractivity contribution is -0.123. The Labute approximate surface area is 214 Å². The number of hydrogen-bond donors (Lipinski definition) is 1. The van der Waals surface area contributed by atoms with Crippen molar-refractivity contribution < 1.29 is 19.2 Å². The lowest BCUT2D eigenvalue weighted by Gasteiger charge is -2.31. The Morgan fingerprint density at radius 2 is 1.49 bits per heavy atom. The predicted octanol–water partition coefficient (Wildman–Crippen LogP) is 3.61. The quantitative estimate of drug-likeness (QED) is 0.441. The second-order valence-corrected chi connectivity index (χ2v) is 9.77. The van der Waals surface area contributed by atoms with Crippen molar-refractivity contribution in [3.63, 3.8) is 0 Å². The summed E-state index contributed by atoms with van der Waals surface area (Å²) in [6.45, 7) is -0.0577. The van der Waals surface area contributed by atoms with Gasteiger partial charge in [0.05, 0.1) is 35.0 Å². The molecule has 37 heavy (non-hydrogen) atoms. The smallest absolute Gasteiger partial charge is 0.262 e. The summed E-state index contributed by atoms with van der Waals surface area (Å²) in [6, 6.07) is 21.0. The van der Waals surface area contributed by atoms with Crippen LogP contribution in [0.3, 0.4) is 0 Å². The van der Waals surface area contributed by atoms with Gasteiger partial charge >= 0.3 is 0 Å². The Morgan fingerprint density at radius 3 is 2.19 bits per heavy atom. The molecule has 0 unspecified atom stereocenters. The van der Waals surface area contributed by atoms with Crippen molar-refractivity contribution in [2.24, 2.45) is 5.92 Å². The molecule has 0 spiro atoms. The van der Waals surface area contributed by atoms with E-state index in [0.717, 1.165) is 16.9 Å². The van der Waals surface area contributed by atoms with Gasteiger partial charge < -0.3 is 15.5 Å². The minimum atomic E-state index is -0.473. The van der Waals surface area contributed by atoms with Crippen molar-refractivity contribution in [2.45, 2.75) is 31.8 Å². The normalized spacial score (nSPS) is 20.5. The summed E-state index contributed by atoms with van der Waals surface area (Å²) in [5, 5.41) is 0. The fraction of sp³-hybridized carbons (Fsp3) is 0.241. The zero-order valence-corrected chi connectivity index (χ0v) is 20.2. The van der Waals surface area contributed by atoms with Crippen molar-refractivity contribution in [2.75, 3.05) is 22.1 Å². The first-order valence-electron chi connectivity index (χ1n) is 12.5. The number of nitrogens with zero attached hydrogens (tertiary/aromatic N) is 3. The van der Waals surface area contributed by atoms with Crippen molar-refractivity contribution in [1.82, 2.24) is 4.90 Å².